The van der Waals surface area contributed by atoms with Gasteiger partial charge in [0.1, 0.15) is 11.5 Å². The number of halogens is 1. The second-order valence-electron chi connectivity index (χ2n) is 8.87. The molecule has 1 unspecified atom stereocenters. The number of nitrogens with zero attached hydrogens (tertiary/aromatic N) is 3. The molecule has 3 heterocycles. The molecule has 0 saturated carbocycles. The van der Waals surface area contributed by atoms with Crippen molar-refractivity contribution in [3.05, 3.63) is 88.7 Å². The fourth-order valence-electron chi connectivity index (χ4n) is 4.89. The summed E-state index contributed by atoms with van der Waals surface area (Å²) in [7, 11) is 1.47. The number of methoxy groups -OCH3 is 1. The van der Waals surface area contributed by atoms with Crippen molar-refractivity contribution in [2.24, 2.45) is 0 Å². The number of amides is 1. The minimum absolute atomic E-state index is 0.0162. The Labute approximate surface area is 214 Å². The highest BCUT2D eigenvalue weighted by atomic mass is 35.5. The first-order valence-electron chi connectivity index (χ1n) is 11.9. The third-order valence-electron chi connectivity index (χ3n) is 6.72. The number of Topliss-reactive ketones (excluding diaryl/α,β-unsaturated/α-hetero) is 1. The number of benzene rings is 2. The van der Waals surface area contributed by atoms with Gasteiger partial charge in [0.25, 0.3) is 11.7 Å². The monoisotopic (exact) mass is 503 g/mol. The van der Waals surface area contributed by atoms with Gasteiger partial charge in [0.2, 0.25) is 0 Å². The largest absolute Gasteiger partial charge is 0.507 e. The van der Waals surface area contributed by atoms with E-state index in [0.29, 0.717) is 27.6 Å². The molecule has 8 heteroatoms. The molecule has 5 rings (SSSR count). The summed E-state index contributed by atoms with van der Waals surface area (Å²) in [5.41, 5.74) is 2.57. The highest BCUT2D eigenvalue weighted by molar-refractivity contribution is 6.51. The lowest BCUT2D eigenvalue weighted by Gasteiger charge is -2.30. The molecule has 1 aromatic heterocycles. The third-order valence-corrected chi connectivity index (χ3v) is 7.03. The average molecular weight is 504 g/mol. The first kappa shape index (κ1) is 23.9. The van der Waals surface area contributed by atoms with Crippen LogP contribution in [0, 0.1) is 0 Å². The molecule has 7 nitrogen and oxygen atoms in total. The summed E-state index contributed by atoms with van der Waals surface area (Å²) in [6, 6.07) is 15.0. The fourth-order valence-corrected chi connectivity index (χ4v) is 5.09. The van der Waals surface area contributed by atoms with Gasteiger partial charge >= 0.3 is 0 Å². The number of pyridine rings is 1. The SMILES string of the molecule is COc1cc(/C(O)=C2/C(=O)C(=O)N(c3ccc(N4CCCCC4)cc3)C2c2cccnc2)ccc1Cl. The second kappa shape index (κ2) is 10.0. The van der Waals surface area contributed by atoms with Crippen molar-refractivity contribution >= 4 is 40.4 Å². The van der Waals surface area contributed by atoms with Crippen LogP contribution in [0.2, 0.25) is 5.02 Å². The van der Waals surface area contributed by atoms with Gasteiger partial charge in [0.15, 0.2) is 0 Å². The minimum atomic E-state index is -0.846. The van der Waals surface area contributed by atoms with Gasteiger partial charge in [-0.05, 0) is 73.4 Å². The van der Waals surface area contributed by atoms with Crippen LogP contribution >= 0.6 is 11.6 Å². The van der Waals surface area contributed by atoms with Crippen LogP contribution in [0.4, 0.5) is 11.4 Å². The zero-order valence-electron chi connectivity index (χ0n) is 19.9. The van der Waals surface area contributed by atoms with E-state index in [1.165, 1.54) is 18.4 Å². The summed E-state index contributed by atoms with van der Waals surface area (Å²) in [6.45, 7) is 2.01. The van der Waals surface area contributed by atoms with Crippen molar-refractivity contribution in [2.45, 2.75) is 25.3 Å². The number of anilines is 2. The maximum atomic E-state index is 13.4. The van der Waals surface area contributed by atoms with Gasteiger partial charge in [-0.3, -0.25) is 19.5 Å². The van der Waals surface area contributed by atoms with E-state index in [9.17, 15) is 14.7 Å². The Morgan fingerprint density at radius 3 is 2.42 bits per heavy atom. The van der Waals surface area contributed by atoms with Gasteiger partial charge < -0.3 is 14.7 Å². The fraction of sp³-hybridized carbons (Fsp3) is 0.250. The topological polar surface area (TPSA) is 83.0 Å². The predicted octanol–water partition coefficient (Wildman–Crippen LogP) is 5.36. The molecule has 2 aliphatic heterocycles. The molecule has 184 valence electrons. The Morgan fingerprint density at radius 2 is 1.75 bits per heavy atom. The molecule has 2 aliphatic rings. The number of aromatic nitrogens is 1. The van der Waals surface area contributed by atoms with E-state index in [1.807, 2.05) is 24.3 Å². The molecule has 0 spiro atoms. The number of carbonyl (C=O) groups is 2. The van der Waals surface area contributed by atoms with Crippen molar-refractivity contribution in [1.29, 1.82) is 0 Å². The maximum absolute atomic E-state index is 13.4. The lowest BCUT2D eigenvalue weighted by atomic mass is 9.96. The number of aliphatic hydroxyl groups excluding tert-OH is 1. The van der Waals surface area contributed by atoms with Gasteiger partial charge in [0.05, 0.1) is 23.7 Å². The molecule has 1 atom stereocenters. The number of hydrogen-bond donors (Lipinski definition) is 1. The smallest absolute Gasteiger partial charge is 0.300 e. The van der Waals surface area contributed by atoms with Crippen molar-refractivity contribution in [3.8, 4) is 5.75 Å². The number of piperidine rings is 1. The van der Waals surface area contributed by atoms with E-state index >= 15 is 0 Å². The Bertz CT molecular complexity index is 1320. The molecular formula is C28H26ClN3O4. The van der Waals surface area contributed by atoms with Gasteiger partial charge in [-0.1, -0.05) is 17.7 Å². The predicted molar refractivity (Wildman–Crippen MR) is 140 cm³/mol. The van der Waals surface area contributed by atoms with E-state index in [0.717, 1.165) is 31.6 Å². The summed E-state index contributed by atoms with van der Waals surface area (Å²) in [5.74, 6) is -1.43. The van der Waals surface area contributed by atoms with Crippen LogP contribution in [-0.2, 0) is 9.59 Å². The number of ether oxygens (including phenoxy) is 1. The zero-order valence-corrected chi connectivity index (χ0v) is 20.6. The van der Waals surface area contributed by atoms with Crippen LogP contribution < -0.4 is 14.5 Å². The second-order valence-corrected chi connectivity index (χ2v) is 9.28. The van der Waals surface area contributed by atoms with Gasteiger partial charge in [-0.25, -0.2) is 0 Å². The van der Waals surface area contributed by atoms with Crippen LogP contribution in [0.5, 0.6) is 5.75 Å². The van der Waals surface area contributed by atoms with Crippen LogP contribution in [0.3, 0.4) is 0 Å². The summed E-state index contributed by atoms with van der Waals surface area (Å²) in [4.78, 5) is 34.6. The molecule has 0 bridgehead atoms. The highest BCUT2D eigenvalue weighted by Gasteiger charge is 2.47. The van der Waals surface area contributed by atoms with Crippen molar-refractivity contribution in [3.63, 3.8) is 0 Å². The number of ketones is 1. The standard InChI is InChI=1S/C28H26ClN3O4/c1-36-23-16-18(7-12-22(23)29)26(33)24-25(19-6-5-13-30-17-19)32(28(35)27(24)34)21-10-8-20(9-11-21)31-14-3-2-4-15-31/h5-13,16-17,25,33H,2-4,14-15H2,1H3/b26-24-. The number of aliphatic hydroxyl groups is 1. The van der Waals surface area contributed by atoms with Crippen LogP contribution in [0.25, 0.3) is 5.76 Å². The molecular weight excluding hydrogens is 478 g/mol. The molecule has 0 radical (unpaired) electrons. The number of carbonyl (C=O) groups excluding carboxylic acids is 2. The number of hydrogen-bond acceptors (Lipinski definition) is 6. The van der Waals surface area contributed by atoms with E-state index in [-0.39, 0.29) is 11.3 Å². The maximum Gasteiger partial charge on any atom is 0.300 e. The lowest BCUT2D eigenvalue weighted by Crippen LogP contribution is -2.30. The molecule has 1 N–H and O–H groups in total. The summed E-state index contributed by atoms with van der Waals surface area (Å²) in [5, 5.41) is 11.7. The first-order valence-corrected chi connectivity index (χ1v) is 12.3. The van der Waals surface area contributed by atoms with Gasteiger partial charge in [0, 0.05) is 42.4 Å². The Kier molecular flexibility index (Phi) is 6.65. The Balaban J connectivity index is 1.60. The van der Waals surface area contributed by atoms with Crippen molar-refractivity contribution in [2.75, 3.05) is 30.0 Å². The highest BCUT2D eigenvalue weighted by Crippen LogP contribution is 2.43. The molecule has 2 fully saturated rings. The van der Waals surface area contributed by atoms with E-state index in [2.05, 4.69) is 9.88 Å². The molecule has 3 aromatic rings. The Morgan fingerprint density at radius 1 is 1.03 bits per heavy atom. The van der Waals surface area contributed by atoms with Crippen molar-refractivity contribution < 1.29 is 19.4 Å². The molecule has 2 saturated heterocycles. The van der Waals surface area contributed by atoms with Gasteiger partial charge in [-0.2, -0.15) is 0 Å². The minimum Gasteiger partial charge on any atom is -0.507 e. The third kappa shape index (κ3) is 4.31. The summed E-state index contributed by atoms with van der Waals surface area (Å²) in [6.07, 6.45) is 6.78. The average Bonchev–Trinajstić information content (AvgIpc) is 3.19. The van der Waals surface area contributed by atoms with Gasteiger partial charge in [-0.15, -0.1) is 0 Å². The van der Waals surface area contributed by atoms with Crippen molar-refractivity contribution in [1.82, 2.24) is 4.98 Å². The number of rotatable bonds is 5. The lowest BCUT2D eigenvalue weighted by molar-refractivity contribution is -0.132. The molecule has 2 aromatic carbocycles. The Hall–Kier alpha value is -3.84. The van der Waals surface area contributed by atoms with E-state index in [4.69, 9.17) is 16.3 Å². The zero-order chi connectivity index (χ0) is 25.2. The first-order chi connectivity index (χ1) is 17.5. The molecule has 36 heavy (non-hydrogen) atoms. The van der Waals surface area contributed by atoms with Crippen LogP contribution in [0.1, 0.15) is 36.4 Å². The molecule has 1 amide bonds. The molecule has 0 aliphatic carbocycles. The summed E-state index contributed by atoms with van der Waals surface area (Å²) < 4.78 is 5.27. The van der Waals surface area contributed by atoms with E-state index in [1.54, 1.807) is 42.7 Å². The quantitative estimate of drug-likeness (QED) is 0.287. The summed E-state index contributed by atoms with van der Waals surface area (Å²) >= 11 is 6.15. The normalized spacial score (nSPS) is 19.6. The van der Waals surface area contributed by atoms with E-state index < -0.39 is 17.7 Å². The van der Waals surface area contributed by atoms with Crippen LogP contribution in [-0.4, -0.2) is 42.0 Å². The van der Waals surface area contributed by atoms with Crippen LogP contribution in [0.15, 0.2) is 72.6 Å².